The van der Waals surface area contributed by atoms with Gasteiger partial charge in [-0.25, -0.2) is 0 Å². The second-order valence-electron chi connectivity index (χ2n) is 4.14. The first-order valence-corrected chi connectivity index (χ1v) is 5.30. The van der Waals surface area contributed by atoms with Crippen molar-refractivity contribution in [2.75, 3.05) is 21.2 Å². The summed E-state index contributed by atoms with van der Waals surface area (Å²) in [5.74, 6) is -1.35. The third-order valence-corrected chi connectivity index (χ3v) is 2.61. The van der Waals surface area contributed by atoms with Crippen molar-refractivity contribution in [3.63, 3.8) is 0 Å². The van der Waals surface area contributed by atoms with Crippen molar-refractivity contribution < 1.29 is 27.8 Å². The third kappa shape index (κ3) is 2.65. The van der Waals surface area contributed by atoms with E-state index in [0.29, 0.717) is 4.90 Å². The van der Waals surface area contributed by atoms with E-state index in [1.807, 2.05) is 0 Å². The largest absolute Gasteiger partial charge is 0.497 e. The molecule has 19 heavy (non-hydrogen) atoms. The van der Waals surface area contributed by atoms with E-state index in [1.54, 1.807) is 0 Å². The molecule has 0 heterocycles. The zero-order valence-corrected chi connectivity index (χ0v) is 10.7. The quantitative estimate of drug-likeness (QED) is 0.911. The summed E-state index contributed by atoms with van der Waals surface area (Å²) >= 11 is 0. The summed E-state index contributed by atoms with van der Waals surface area (Å²) in [5, 5.41) is 9.91. The molecule has 1 unspecified atom stereocenters. The summed E-state index contributed by atoms with van der Waals surface area (Å²) in [5.41, 5.74) is -4.18. The fraction of sp³-hybridized carbons (Fsp3) is 0.417. The Hall–Kier alpha value is -1.76. The average molecular weight is 277 g/mol. The Morgan fingerprint density at radius 3 is 2.32 bits per heavy atom. The van der Waals surface area contributed by atoms with Gasteiger partial charge in [-0.2, -0.15) is 13.2 Å². The summed E-state index contributed by atoms with van der Waals surface area (Å²) in [6, 6.07) is 4.69. The van der Waals surface area contributed by atoms with Gasteiger partial charge in [0.1, 0.15) is 5.75 Å². The Morgan fingerprint density at radius 2 is 1.89 bits per heavy atom. The van der Waals surface area contributed by atoms with Gasteiger partial charge in [0.2, 0.25) is 0 Å². The SMILES string of the molecule is COc1cccc(C(O)(C(=O)N(C)C)C(F)(F)F)c1. The highest BCUT2D eigenvalue weighted by Crippen LogP contribution is 2.41. The summed E-state index contributed by atoms with van der Waals surface area (Å²) < 4.78 is 44.1. The molecule has 1 aromatic carbocycles. The van der Waals surface area contributed by atoms with Crippen molar-refractivity contribution in [3.05, 3.63) is 29.8 Å². The number of likely N-dealkylation sites (N-methyl/N-ethyl adjacent to an activating group) is 1. The molecule has 0 radical (unpaired) electrons. The molecular formula is C12H14F3NO3. The summed E-state index contributed by atoms with van der Waals surface area (Å²) in [4.78, 5) is 12.4. The van der Waals surface area contributed by atoms with E-state index >= 15 is 0 Å². The average Bonchev–Trinajstić information content (AvgIpc) is 2.35. The van der Waals surface area contributed by atoms with E-state index in [-0.39, 0.29) is 5.75 Å². The molecule has 1 N–H and O–H groups in total. The van der Waals surface area contributed by atoms with Crippen molar-refractivity contribution in [1.82, 2.24) is 4.90 Å². The lowest BCUT2D eigenvalue weighted by atomic mass is 9.91. The number of methoxy groups -OCH3 is 1. The highest BCUT2D eigenvalue weighted by atomic mass is 19.4. The van der Waals surface area contributed by atoms with Gasteiger partial charge in [0.25, 0.3) is 11.5 Å². The maximum atomic E-state index is 13.1. The minimum Gasteiger partial charge on any atom is -0.497 e. The van der Waals surface area contributed by atoms with Crippen LogP contribution in [0.1, 0.15) is 5.56 Å². The number of carbonyl (C=O) groups is 1. The van der Waals surface area contributed by atoms with Crippen LogP contribution in [0.3, 0.4) is 0 Å². The molecule has 1 rings (SSSR count). The molecule has 0 aromatic heterocycles. The van der Waals surface area contributed by atoms with Crippen molar-refractivity contribution in [2.24, 2.45) is 0 Å². The van der Waals surface area contributed by atoms with E-state index < -0.39 is 23.2 Å². The van der Waals surface area contributed by atoms with E-state index in [0.717, 1.165) is 26.2 Å². The van der Waals surface area contributed by atoms with Gasteiger partial charge in [-0.05, 0) is 12.1 Å². The number of carbonyl (C=O) groups excluding carboxylic acids is 1. The highest BCUT2D eigenvalue weighted by Gasteiger charge is 2.61. The Labute approximate surface area is 108 Å². The smallest absolute Gasteiger partial charge is 0.430 e. The van der Waals surface area contributed by atoms with Gasteiger partial charge >= 0.3 is 6.18 Å². The molecule has 106 valence electrons. The number of benzene rings is 1. The van der Waals surface area contributed by atoms with Crippen molar-refractivity contribution in [3.8, 4) is 5.75 Å². The first-order chi connectivity index (χ1) is 8.64. The minimum atomic E-state index is -5.14. The van der Waals surface area contributed by atoms with E-state index in [2.05, 4.69) is 0 Å². The van der Waals surface area contributed by atoms with E-state index in [4.69, 9.17) is 4.74 Å². The number of hydrogen-bond acceptors (Lipinski definition) is 3. The molecule has 0 saturated carbocycles. The Morgan fingerprint density at radius 1 is 1.32 bits per heavy atom. The van der Waals surface area contributed by atoms with E-state index in [1.165, 1.54) is 19.2 Å². The first-order valence-electron chi connectivity index (χ1n) is 5.30. The Balaban J connectivity index is 3.44. The Kier molecular flexibility index (Phi) is 4.09. The highest BCUT2D eigenvalue weighted by molar-refractivity contribution is 5.87. The Bertz CT molecular complexity index is 474. The summed E-state index contributed by atoms with van der Waals surface area (Å²) in [6.45, 7) is 0. The van der Waals surface area contributed by atoms with Crippen molar-refractivity contribution in [2.45, 2.75) is 11.8 Å². The predicted molar refractivity (Wildman–Crippen MR) is 61.6 cm³/mol. The number of hydrogen-bond donors (Lipinski definition) is 1. The lowest BCUT2D eigenvalue weighted by molar-refractivity contribution is -0.260. The normalized spacial score (nSPS) is 14.7. The number of alkyl halides is 3. The van der Waals surface area contributed by atoms with Gasteiger partial charge in [-0.15, -0.1) is 0 Å². The van der Waals surface area contributed by atoms with Crippen LogP contribution in [0.15, 0.2) is 24.3 Å². The third-order valence-electron chi connectivity index (χ3n) is 2.61. The number of rotatable bonds is 3. The zero-order chi connectivity index (χ0) is 14.8. The lowest BCUT2D eigenvalue weighted by Crippen LogP contribution is -2.53. The van der Waals surface area contributed by atoms with Crippen LogP contribution in [0.4, 0.5) is 13.2 Å². The van der Waals surface area contributed by atoms with Crippen LogP contribution in [-0.2, 0) is 10.4 Å². The molecule has 0 fully saturated rings. The van der Waals surface area contributed by atoms with Gasteiger partial charge < -0.3 is 14.7 Å². The molecule has 0 aliphatic carbocycles. The van der Waals surface area contributed by atoms with Crippen LogP contribution in [0.2, 0.25) is 0 Å². The summed E-state index contributed by atoms with van der Waals surface area (Å²) in [6.07, 6.45) is -5.14. The van der Waals surface area contributed by atoms with E-state index in [9.17, 15) is 23.1 Å². The maximum Gasteiger partial charge on any atom is 0.430 e. The van der Waals surface area contributed by atoms with Crippen LogP contribution in [0, 0.1) is 0 Å². The number of halogens is 3. The number of aliphatic hydroxyl groups is 1. The monoisotopic (exact) mass is 277 g/mol. The molecule has 4 nitrogen and oxygen atoms in total. The molecule has 1 atom stereocenters. The fourth-order valence-electron chi connectivity index (χ4n) is 1.58. The van der Waals surface area contributed by atoms with Crippen LogP contribution in [-0.4, -0.2) is 43.3 Å². The van der Waals surface area contributed by atoms with Crippen molar-refractivity contribution in [1.29, 1.82) is 0 Å². The zero-order valence-electron chi connectivity index (χ0n) is 10.7. The molecule has 0 aliphatic rings. The number of nitrogens with zero attached hydrogens (tertiary/aromatic N) is 1. The van der Waals surface area contributed by atoms with Gasteiger partial charge in [0, 0.05) is 19.7 Å². The molecular weight excluding hydrogens is 263 g/mol. The van der Waals surface area contributed by atoms with Crippen LogP contribution >= 0.6 is 0 Å². The summed E-state index contributed by atoms with van der Waals surface area (Å²) in [7, 11) is 3.55. The molecule has 0 aliphatic heterocycles. The molecule has 0 saturated heterocycles. The molecule has 7 heteroatoms. The standard InChI is InChI=1S/C12H14F3NO3/c1-16(2)10(17)11(18,12(13,14)15)8-5-4-6-9(7-8)19-3/h4-7,18H,1-3H3. The maximum absolute atomic E-state index is 13.1. The number of amides is 1. The fourth-order valence-corrected chi connectivity index (χ4v) is 1.58. The predicted octanol–water partition coefficient (Wildman–Crippen LogP) is 1.53. The van der Waals surface area contributed by atoms with Gasteiger partial charge in [0.15, 0.2) is 0 Å². The lowest BCUT2D eigenvalue weighted by Gasteiger charge is -2.31. The molecule has 1 amide bonds. The molecule has 0 bridgehead atoms. The first kappa shape index (κ1) is 15.3. The van der Waals surface area contributed by atoms with Crippen LogP contribution in [0.25, 0.3) is 0 Å². The minimum absolute atomic E-state index is 0.117. The molecule has 0 spiro atoms. The second kappa shape index (κ2) is 5.08. The second-order valence-corrected chi connectivity index (χ2v) is 4.14. The topological polar surface area (TPSA) is 49.8 Å². The van der Waals surface area contributed by atoms with Gasteiger partial charge in [0.05, 0.1) is 7.11 Å². The van der Waals surface area contributed by atoms with Crippen LogP contribution < -0.4 is 4.74 Å². The van der Waals surface area contributed by atoms with Gasteiger partial charge in [-0.3, -0.25) is 4.79 Å². The van der Waals surface area contributed by atoms with Gasteiger partial charge in [-0.1, -0.05) is 12.1 Å². The van der Waals surface area contributed by atoms with Crippen LogP contribution in [0.5, 0.6) is 5.75 Å². The molecule has 1 aromatic rings. The number of ether oxygens (including phenoxy) is 1. The van der Waals surface area contributed by atoms with Crippen molar-refractivity contribution >= 4 is 5.91 Å².